The lowest BCUT2D eigenvalue weighted by Crippen LogP contribution is -2.43. The molecule has 3 atom stereocenters. The van der Waals surface area contributed by atoms with Crippen molar-refractivity contribution < 1.29 is 27.9 Å². The first-order chi connectivity index (χ1) is 16.1. The number of carbonyl (C=O) groups excluding carboxylic acids is 2. The number of ether oxygens (including phenoxy) is 1. The summed E-state index contributed by atoms with van der Waals surface area (Å²) < 4.78 is 32.6. The molecule has 34 heavy (non-hydrogen) atoms. The predicted molar refractivity (Wildman–Crippen MR) is 120 cm³/mol. The number of imidazole rings is 1. The van der Waals surface area contributed by atoms with Gasteiger partial charge in [0.25, 0.3) is 5.91 Å². The summed E-state index contributed by atoms with van der Waals surface area (Å²) in [6.45, 7) is 4.74. The third-order valence-corrected chi connectivity index (χ3v) is 7.59. The van der Waals surface area contributed by atoms with Crippen molar-refractivity contribution in [1.29, 1.82) is 0 Å². The molecule has 0 saturated carbocycles. The van der Waals surface area contributed by atoms with Crippen molar-refractivity contribution in [2.24, 2.45) is 0 Å². The van der Waals surface area contributed by atoms with Gasteiger partial charge in [-0.25, -0.2) is 23.4 Å². The van der Waals surface area contributed by atoms with Crippen LogP contribution in [-0.2, 0) is 24.3 Å². The summed E-state index contributed by atoms with van der Waals surface area (Å²) in [6.07, 6.45) is 0.180. The van der Waals surface area contributed by atoms with Crippen molar-refractivity contribution in [2.45, 2.75) is 50.3 Å². The largest absolute Gasteiger partial charge is 0.451 e. The maximum absolute atomic E-state index is 13.2. The lowest BCUT2D eigenvalue weighted by molar-refractivity contribution is -0.156. The van der Waals surface area contributed by atoms with Gasteiger partial charge in [0.15, 0.2) is 17.6 Å². The van der Waals surface area contributed by atoms with Crippen molar-refractivity contribution >= 4 is 38.9 Å². The highest BCUT2D eigenvalue weighted by Crippen LogP contribution is 2.28. The highest BCUT2D eigenvalue weighted by atomic mass is 32.2. The fraction of sp³-hybridized carbons (Fsp3) is 0.381. The number of aryl methyl sites for hydroxylation is 2. The molecule has 1 fully saturated rings. The number of sulfonamides is 1. The number of anilines is 1. The number of amides is 1. The number of hydrogen-bond donors (Lipinski definition) is 3. The van der Waals surface area contributed by atoms with Crippen molar-refractivity contribution in [3.8, 4) is 0 Å². The normalized spacial score (nSPS) is 19.8. The maximum atomic E-state index is 13.2. The zero-order valence-electron chi connectivity index (χ0n) is 18.7. The molecule has 180 valence electrons. The Labute approximate surface area is 195 Å². The van der Waals surface area contributed by atoms with Crippen LogP contribution >= 0.6 is 0 Å². The van der Waals surface area contributed by atoms with E-state index in [0.29, 0.717) is 11.2 Å². The van der Waals surface area contributed by atoms with E-state index < -0.39 is 40.1 Å². The topological polar surface area (TPSA) is 167 Å². The van der Waals surface area contributed by atoms with E-state index in [0.717, 1.165) is 15.4 Å². The third-order valence-electron chi connectivity index (χ3n) is 5.72. The van der Waals surface area contributed by atoms with Crippen molar-refractivity contribution in [2.75, 3.05) is 11.9 Å². The number of rotatable bonds is 6. The molecule has 1 aromatic carbocycles. The van der Waals surface area contributed by atoms with E-state index in [1.807, 2.05) is 6.92 Å². The minimum Gasteiger partial charge on any atom is -0.451 e. The lowest BCUT2D eigenvalue weighted by atomic mass is 10.1. The van der Waals surface area contributed by atoms with Gasteiger partial charge < -0.3 is 20.1 Å². The average molecular weight is 489 g/mol. The molecule has 2 aromatic heterocycles. The summed E-state index contributed by atoms with van der Waals surface area (Å²) >= 11 is 0. The van der Waals surface area contributed by atoms with Crippen molar-refractivity contribution in [3.63, 3.8) is 0 Å². The van der Waals surface area contributed by atoms with Crippen LogP contribution in [0.1, 0.15) is 24.5 Å². The van der Waals surface area contributed by atoms with E-state index in [4.69, 9.17) is 4.74 Å². The lowest BCUT2D eigenvalue weighted by Gasteiger charge is -2.24. The van der Waals surface area contributed by atoms with E-state index in [1.54, 1.807) is 13.0 Å². The van der Waals surface area contributed by atoms with Crippen LogP contribution in [0.15, 0.2) is 35.7 Å². The molecule has 1 aliphatic heterocycles. The van der Waals surface area contributed by atoms with Crippen LogP contribution in [0.4, 0.5) is 5.82 Å². The number of esters is 1. The number of hydrogen-bond acceptors (Lipinski definition) is 9. The molecular weight excluding hydrogens is 464 g/mol. The van der Waals surface area contributed by atoms with Gasteiger partial charge in [0.2, 0.25) is 10.0 Å². The molecule has 0 radical (unpaired) electrons. The molecule has 1 aliphatic rings. The van der Waals surface area contributed by atoms with Crippen LogP contribution in [0.25, 0.3) is 11.2 Å². The highest BCUT2D eigenvalue weighted by Gasteiger charge is 2.45. The number of nitrogens with one attached hydrogen (secondary N) is 2. The molecule has 3 aromatic rings. The third kappa shape index (κ3) is 4.49. The van der Waals surface area contributed by atoms with Crippen LogP contribution in [0.5, 0.6) is 0 Å². The van der Waals surface area contributed by atoms with Gasteiger partial charge in [-0.1, -0.05) is 6.07 Å². The number of carbonyl (C=O) groups is 2. The van der Waals surface area contributed by atoms with Gasteiger partial charge in [-0.2, -0.15) is 4.31 Å². The number of fused-ring (bicyclic) bond motifs is 1. The SMILES string of the molecule is Cc1ccc(S(=O)(=O)N2CC(O)C[C@H]2C(=O)OC(C)C(=O)Nc2ncnc3nc[nH]c23)cc1C. The Kier molecular flexibility index (Phi) is 6.34. The molecule has 4 rings (SSSR count). The molecule has 0 spiro atoms. The number of H-pyrrole nitrogens is 1. The van der Waals surface area contributed by atoms with Crippen LogP contribution in [0, 0.1) is 13.8 Å². The highest BCUT2D eigenvalue weighted by molar-refractivity contribution is 7.89. The Morgan fingerprint density at radius 2 is 2.00 bits per heavy atom. The summed E-state index contributed by atoms with van der Waals surface area (Å²) in [7, 11) is -4.08. The van der Waals surface area contributed by atoms with Gasteiger partial charge in [-0.3, -0.25) is 9.59 Å². The van der Waals surface area contributed by atoms with E-state index in [2.05, 4.69) is 25.3 Å². The van der Waals surface area contributed by atoms with Gasteiger partial charge >= 0.3 is 5.97 Å². The number of aliphatic hydroxyl groups is 1. The number of aromatic nitrogens is 4. The van der Waals surface area contributed by atoms with Gasteiger partial charge in [-0.15, -0.1) is 0 Å². The standard InChI is InChI=1S/C21H24N6O6S/c1-11-4-5-15(6-12(11)2)34(31,32)27-8-14(28)7-16(27)21(30)33-13(3)20(29)26-19-17-18(23-9-22-17)24-10-25-19/h4-6,9-10,13-14,16,28H,7-8H2,1-3H3,(H2,22,23,24,25,26,29)/t13?,14?,16-/m0/s1. The fourth-order valence-corrected chi connectivity index (χ4v) is 5.37. The second-order valence-electron chi connectivity index (χ2n) is 8.12. The zero-order chi connectivity index (χ0) is 24.6. The number of nitrogens with zero attached hydrogens (tertiary/aromatic N) is 4. The van der Waals surface area contributed by atoms with Gasteiger partial charge in [0, 0.05) is 13.0 Å². The predicted octanol–water partition coefficient (Wildman–Crippen LogP) is 0.664. The number of β-amino-alcohol motifs (C(OH)–C–C–N with tert-alkyl or cyclic N) is 1. The van der Waals surface area contributed by atoms with Crippen LogP contribution in [-0.4, -0.2) is 74.4 Å². The Bertz CT molecular complexity index is 1360. The average Bonchev–Trinajstić information content (AvgIpc) is 3.43. The second-order valence-corrected chi connectivity index (χ2v) is 10.0. The molecule has 12 nitrogen and oxygen atoms in total. The first kappa shape index (κ1) is 23.7. The van der Waals surface area contributed by atoms with E-state index in [-0.39, 0.29) is 23.7 Å². The molecule has 13 heteroatoms. The van der Waals surface area contributed by atoms with Gasteiger partial charge in [0.05, 0.1) is 17.3 Å². The quantitative estimate of drug-likeness (QED) is 0.422. The fourth-order valence-electron chi connectivity index (χ4n) is 3.66. The summed E-state index contributed by atoms with van der Waals surface area (Å²) in [4.78, 5) is 40.2. The molecule has 3 heterocycles. The molecule has 1 amide bonds. The summed E-state index contributed by atoms with van der Waals surface area (Å²) in [5.74, 6) is -1.45. The molecule has 1 saturated heterocycles. The Morgan fingerprint density at radius 1 is 1.24 bits per heavy atom. The Morgan fingerprint density at radius 3 is 2.74 bits per heavy atom. The van der Waals surface area contributed by atoms with E-state index in [1.165, 1.54) is 31.7 Å². The second kappa shape index (κ2) is 9.08. The first-order valence-corrected chi connectivity index (χ1v) is 11.9. The Balaban J connectivity index is 1.49. The molecule has 2 unspecified atom stereocenters. The zero-order valence-corrected chi connectivity index (χ0v) is 19.5. The number of benzene rings is 1. The molecule has 0 aliphatic carbocycles. The minimum absolute atomic E-state index is 0.0145. The Hall–Kier alpha value is -3.42. The first-order valence-electron chi connectivity index (χ1n) is 10.5. The molecule has 3 N–H and O–H groups in total. The number of aliphatic hydroxyl groups excluding tert-OH is 1. The van der Waals surface area contributed by atoms with Gasteiger partial charge in [0.1, 0.15) is 17.9 Å². The minimum atomic E-state index is -4.08. The number of aromatic amines is 1. The summed E-state index contributed by atoms with van der Waals surface area (Å²) in [5.41, 5.74) is 2.45. The monoisotopic (exact) mass is 488 g/mol. The van der Waals surface area contributed by atoms with Crippen molar-refractivity contribution in [3.05, 3.63) is 42.0 Å². The van der Waals surface area contributed by atoms with Crippen LogP contribution < -0.4 is 5.32 Å². The van der Waals surface area contributed by atoms with Crippen LogP contribution in [0.3, 0.4) is 0 Å². The summed E-state index contributed by atoms with van der Waals surface area (Å²) in [5, 5.41) is 12.7. The van der Waals surface area contributed by atoms with Gasteiger partial charge in [-0.05, 0) is 44.0 Å². The van der Waals surface area contributed by atoms with E-state index >= 15 is 0 Å². The molecular formula is C21H24N6O6S. The maximum Gasteiger partial charge on any atom is 0.325 e. The van der Waals surface area contributed by atoms with Crippen LogP contribution in [0.2, 0.25) is 0 Å². The van der Waals surface area contributed by atoms with Crippen molar-refractivity contribution in [1.82, 2.24) is 24.2 Å². The summed E-state index contributed by atoms with van der Waals surface area (Å²) in [6, 6.07) is 3.39. The smallest absolute Gasteiger partial charge is 0.325 e. The molecule has 0 bridgehead atoms. The van der Waals surface area contributed by atoms with E-state index in [9.17, 15) is 23.1 Å².